The number of likely N-dealkylation sites (N-methyl/N-ethyl adjacent to an activating group) is 1. The summed E-state index contributed by atoms with van der Waals surface area (Å²) in [6.45, 7) is 3.80. The number of thiazole rings is 1. The molecule has 2 atom stereocenters. The predicted molar refractivity (Wildman–Crippen MR) is 95.2 cm³/mol. The molecule has 3 heterocycles. The molecular formula is C16H20N4O2S2. The number of hydrogen-bond donors (Lipinski definition) is 2. The van der Waals surface area contributed by atoms with Crippen LogP contribution in [0.1, 0.15) is 28.0 Å². The van der Waals surface area contributed by atoms with Gasteiger partial charge in [0.15, 0.2) is 0 Å². The van der Waals surface area contributed by atoms with E-state index in [0.29, 0.717) is 30.9 Å². The van der Waals surface area contributed by atoms with Gasteiger partial charge in [0, 0.05) is 30.7 Å². The van der Waals surface area contributed by atoms with E-state index in [1.165, 1.54) is 11.3 Å². The topological polar surface area (TPSA) is 74.3 Å². The van der Waals surface area contributed by atoms with Gasteiger partial charge in [-0.1, -0.05) is 6.07 Å². The van der Waals surface area contributed by atoms with Crippen molar-refractivity contribution in [1.82, 2.24) is 20.5 Å². The van der Waals surface area contributed by atoms with Crippen LogP contribution in [-0.4, -0.2) is 46.9 Å². The first-order valence-electron chi connectivity index (χ1n) is 7.92. The van der Waals surface area contributed by atoms with Crippen molar-refractivity contribution in [3.05, 3.63) is 39.0 Å². The van der Waals surface area contributed by atoms with Gasteiger partial charge in [-0.25, -0.2) is 4.98 Å². The van der Waals surface area contributed by atoms with Crippen molar-refractivity contribution in [3.63, 3.8) is 0 Å². The Hall–Kier alpha value is -1.77. The monoisotopic (exact) mass is 364 g/mol. The smallest absolute Gasteiger partial charge is 0.261 e. The minimum absolute atomic E-state index is 0.0157. The molecule has 0 aromatic carbocycles. The molecule has 0 saturated carbocycles. The number of carbonyl (C=O) groups is 2. The first kappa shape index (κ1) is 17.1. The highest BCUT2D eigenvalue weighted by atomic mass is 32.1. The molecule has 2 amide bonds. The highest BCUT2D eigenvalue weighted by molar-refractivity contribution is 7.12. The van der Waals surface area contributed by atoms with Crippen LogP contribution in [0.15, 0.2) is 29.1 Å². The van der Waals surface area contributed by atoms with Crippen LogP contribution in [0.25, 0.3) is 0 Å². The maximum atomic E-state index is 12.4. The van der Waals surface area contributed by atoms with Gasteiger partial charge in [-0.3, -0.25) is 14.5 Å². The number of thiophene rings is 1. The Morgan fingerprint density at radius 1 is 1.38 bits per heavy atom. The van der Waals surface area contributed by atoms with Gasteiger partial charge in [0.05, 0.1) is 17.5 Å². The molecular weight excluding hydrogens is 344 g/mol. The number of carbonyl (C=O) groups excluding carboxylic acids is 2. The van der Waals surface area contributed by atoms with Gasteiger partial charge in [-0.2, -0.15) is 0 Å². The zero-order chi connectivity index (χ0) is 16.9. The quantitative estimate of drug-likeness (QED) is 0.818. The van der Waals surface area contributed by atoms with Gasteiger partial charge in [-0.05, 0) is 24.8 Å². The van der Waals surface area contributed by atoms with Gasteiger partial charge in [0.1, 0.15) is 5.01 Å². The van der Waals surface area contributed by atoms with Crippen LogP contribution >= 0.6 is 22.7 Å². The average Bonchev–Trinajstić information content (AvgIpc) is 3.29. The van der Waals surface area contributed by atoms with Crippen molar-refractivity contribution in [2.75, 3.05) is 13.1 Å². The van der Waals surface area contributed by atoms with Gasteiger partial charge < -0.3 is 10.6 Å². The Bertz CT molecular complexity index is 672. The van der Waals surface area contributed by atoms with Crippen LogP contribution in [0.5, 0.6) is 0 Å². The summed E-state index contributed by atoms with van der Waals surface area (Å²) in [6.07, 6.45) is 2.39. The fourth-order valence-electron chi connectivity index (χ4n) is 2.92. The van der Waals surface area contributed by atoms with E-state index in [2.05, 4.69) is 20.5 Å². The van der Waals surface area contributed by atoms with Gasteiger partial charge in [0.25, 0.3) is 5.91 Å². The Morgan fingerprint density at radius 2 is 2.25 bits per heavy atom. The molecule has 0 unspecified atom stereocenters. The lowest BCUT2D eigenvalue weighted by atomic mass is 10.1. The average molecular weight is 364 g/mol. The Kier molecular flexibility index (Phi) is 5.60. The molecule has 6 nitrogen and oxygen atoms in total. The summed E-state index contributed by atoms with van der Waals surface area (Å²) in [4.78, 5) is 31.7. The molecule has 0 spiro atoms. The molecule has 1 fully saturated rings. The molecule has 24 heavy (non-hydrogen) atoms. The minimum Gasteiger partial charge on any atom is -0.355 e. The summed E-state index contributed by atoms with van der Waals surface area (Å²) in [5.74, 6) is -0.0531. The highest BCUT2D eigenvalue weighted by Crippen LogP contribution is 2.22. The molecule has 8 heteroatoms. The minimum atomic E-state index is -0.234. The zero-order valence-corrected chi connectivity index (χ0v) is 15.0. The molecule has 0 bridgehead atoms. The number of aromatic nitrogens is 1. The summed E-state index contributed by atoms with van der Waals surface area (Å²) in [7, 11) is 0. The van der Waals surface area contributed by atoms with Crippen molar-refractivity contribution >= 4 is 34.5 Å². The molecule has 1 saturated heterocycles. The van der Waals surface area contributed by atoms with Crippen molar-refractivity contribution < 1.29 is 9.59 Å². The van der Waals surface area contributed by atoms with Crippen LogP contribution in [0.3, 0.4) is 0 Å². The third-order valence-electron chi connectivity index (χ3n) is 3.96. The van der Waals surface area contributed by atoms with E-state index in [1.54, 1.807) is 17.5 Å². The van der Waals surface area contributed by atoms with E-state index in [4.69, 9.17) is 0 Å². The van der Waals surface area contributed by atoms with Gasteiger partial charge in [0.2, 0.25) is 5.91 Å². The highest BCUT2D eigenvalue weighted by Gasteiger charge is 2.37. The van der Waals surface area contributed by atoms with Crippen molar-refractivity contribution in [3.8, 4) is 0 Å². The fourth-order valence-corrected chi connectivity index (χ4v) is 4.18. The molecule has 2 aromatic heterocycles. The van der Waals surface area contributed by atoms with Crippen LogP contribution in [-0.2, 0) is 11.3 Å². The standard InChI is InChI=1S/C16H20N4O2S2/c1-2-17-15(21)12-8-11(19-16(22)13-4-3-6-23-13)9-20(12)10-14-18-5-7-24-14/h3-7,11-12H,2,8-10H2,1H3,(H,17,21)(H,19,22)/t11-,12-/m0/s1. The summed E-state index contributed by atoms with van der Waals surface area (Å²) in [5, 5.41) is 10.7. The van der Waals surface area contributed by atoms with Crippen molar-refractivity contribution in [2.24, 2.45) is 0 Å². The fraction of sp³-hybridized carbons (Fsp3) is 0.438. The van der Waals surface area contributed by atoms with E-state index in [0.717, 1.165) is 5.01 Å². The number of hydrogen-bond acceptors (Lipinski definition) is 6. The first-order valence-corrected chi connectivity index (χ1v) is 9.67. The number of rotatable bonds is 6. The Balaban J connectivity index is 1.67. The lowest BCUT2D eigenvalue weighted by Gasteiger charge is -2.22. The Morgan fingerprint density at radius 3 is 2.92 bits per heavy atom. The molecule has 0 radical (unpaired) electrons. The molecule has 1 aliphatic heterocycles. The Labute approximate surface area is 148 Å². The number of likely N-dealkylation sites (tertiary alicyclic amines) is 1. The summed E-state index contributed by atoms with van der Waals surface area (Å²) in [6, 6.07) is 3.40. The molecule has 128 valence electrons. The predicted octanol–water partition coefficient (Wildman–Crippen LogP) is 1.71. The van der Waals surface area contributed by atoms with Gasteiger partial charge >= 0.3 is 0 Å². The summed E-state index contributed by atoms with van der Waals surface area (Å²) < 4.78 is 0. The SMILES string of the molecule is CCNC(=O)[C@@H]1C[C@H](NC(=O)c2cccs2)CN1Cc1nccs1. The van der Waals surface area contributed by atoms with Gasteiger partial charge in [-0.15, -0.1) is 22.7 Å². The second-order valence-corrected chi connectivity index (χ2v) is 7.58. The largest absolute Gasteiger partial charge is 0.355 e. The molecule has 1 aliphatic rings. The normalized spacial score (nSPS) is 20.9. The van der Waals surface area contributed by atoms with Crippen LogP contribution in [0.4, 0.5) is 0 Å². The second kappa shape index (κ2) is 7.87. The third-order valence-corrected chi connectivity index (χ3v) is 5.59. The second-order valence-electron chi connectivity index (χ2n) is 5.65. The number of nitrogens with zero attached hydrogens (tertiary/aromatic N) is 2. The lowest BCUT2D eigenvalue weighted by Crippen LogP contribution is -2.42. The van der Waals surface area contributed by atoms with Crippen molar-refractivity contribution in [2.45, 2.75) is 32.0 Å². The number of amides is 2. The summed E-state index contributed by atoms with van der Waals surface area (Å²) in [5.41, 5.74) is 0. The maximum Gasteiger partial charge on any atom is 0.261 e. The molecule has 3 rings (SSSR count). The first-order chi connectivity index (χ1) is 11.7. The van der Waals surface area contributed by atoms with Crippen LogP contribution < -0.4 is 10.6 Å². The van der Waals surface area contributed by atoms with E-state index < -0.39 is 0 Å². The van der Waals surface area contributed by atoms with Crippen LogP contribution in [0.2, 0.25) is 0 Å². The maximum absolute atomic E-state index is 12.4. The number of nitrogens with one attached hydrogen (secondary N) is 2. The van der Waals surface area contributed by atoms with E-state index in [1.807, 2.05) is 29.8 Å². The van der Waals surface area contributed by atoms with Crippen LogP contribution in [0, 0.1) is 0 Å². The lowest BCUT2D eigenvalue weighted by molar-refractivity contribution is -0.125. The molecule has 2 N–H and O–H groups in total. The van der Waals surface area contributed by atoms with Crippen molar-refractivity contribution in [1.29, 1.82) is 0 Å². The molecule has 0 aliphatic carbocycles. The third kappa shape index (κ3) is 4.00. The molecule has 2 aromatic rings. The van der Waals surface area contributed by atoms with E-state index in [-0.39, 0.29) is 23.9 Å². The van der Waals surface area contributed by atoms with E-state index >= 15 is 0 Å². The zero-order valence-electron chi connectivity index (χ0n) is 13.4. The van der Waals surface area contributed by atoms with E-state index in [9.17, 15) is 9.59 Å². The summed E-state index contributed by atoms with van der Waals surface area (Å²) >= 11 is 3.00.